The maximum Gasteiger partial charge on any atom is 0.254 e. The highest BCUT2D eigenvalue weighted by atomic mass is 19.1. The second-order valence-corrected chi connectivity index (χ2v) is 5.37. The summed E-state index contributed by atoms with van der Waals surface area (Å²) in [6.45, 7) is 4.64. The molecule has 0 atom stereocenters. The molecule has 0 spiro atoms. The average molecular weight is 296 g/mol. The van der Waals surface area contributed by atoms with Gasteiger partial charge in [0.2, 0.25) is 0 Å². The van der Waals surface area contributed by atoms with Crippen LogP contribution >= 0.6 is 0 Å². The van der Waals surface area contributed by atoms with Gasteiger partial charge in [-0.05, 0) is 38.8 Å². The van der Waals surface area contributed by atoms with Gasteiger partial charge in [0, 0.05) is 24.7 Å². The molecule has 3 nitrogen and oxygen atoms in total. The van der Waals surface area contributed by atoms with Crippen LogP contribution < -0.4 is 5.32 Å². The molecular formula is C16H22F2N2O. The first-order valence-electron chi connectivity index (χ1n) is 7.62. The SMILES string of the molecule is CCNc1c(F)cc(C(=O)N(CC)C2CCCC2)cc1F. The summed E-state index contributed by atoms with van der Waals surface area (Å²) in [4.78, 5) is 14.2. The van der Waals surface area contributed by atoms with Crippen molar-refractivity contribution in [2.45, 2.75) is 45.6 Å². The monoisotopic (exact) mass is 296 g/mol. The first-order chi connectivity index (χ1) is 10.1. The Balaban J connectivity index is 2.25. The Morgan fingerprint density at radius 3 is 2.29 bits per heavy atom. The zero-order chi connectivity index (χ0) is 15.4. The molecule has 0 radical (unpaired) electrons. The van der Waals surface area contributed by atoms with Gasteiger partial charge in [-0.25, -0.2) is 8.78 Å². The standard InChI is InChI=1S/C16H22F2N2O/c1-3-19-15-13(17)9-11(10-14(15)18)16(21)20(4-2)12-7-5-6-8-12/h9-10,12,19H,3-8H2,1-2H3. The van der Waals surface area contributed by atoms with Gasteiger partial charge >= 0.3 is 0 Å². The predicted molar refractivity (Wildman–Crippen MR) is 79.5 cm³/mol. The van der Waals surface area contributed by atoms with Gasteiger partial charge in [0.25, 0.3) is 5.91 Å². The molecule has 0 saturated heterocycles. The fourth-order valence-corrected chi connectivity index (χ4v) is 2.99. The molecule has 0 aliphatic heterocycles. The molecule has 116 valence electrons. The second kappa shape index (κ2) is 6.87. The van der Waals surface area contributed by atoms with Crippen molar-refractivity contribution in [3.63, 3.8) is 0 Å². The molecule has 0 unspecified atom stereocenters. The van der Waals surface area contributed by atoms with Crippen molar-refractivity contribution in [2.24, 2.45) is 0 Å². The molecule has 1 amide bonds. The van der Waals surface area contributed by atoms with Crippen LogP contribution in [0.4, 0.5) is 14.5 Å². The zero-order valence-corrected chi connectivity index (χ0v) is 12.6. The molecule has 1 fully saturated rings. The van der Waals surface area contributed by atoms with E-state index >= 15 is 0 Å². The number of carbonyl (C=O) groups is 1. The summed E-state index contributed by atoms with van der Waals surface area (Å²) in [5.74, 6) is -1.73. The van der Waals surface area contributed by atoms with Gasteiger partial charge in [0.1, 0.15) is 17.3 Å². The quantitative estimate of drug-likeness (QED) is 0.896. The van der Waals surface area contributed by atoms with E-state index in [0.29, 0.717) is 13.1 Å². The number of hydrogen-bond acceptors (Lipinski definition) is 2. The van der Waals surface area contributed by atoms with Crippen LogP contribution in [0.2, 0.25) is 0 Å². The zero-order valence-electron chi connectivity index (χ0n) is 12.6. The largest absolute Gasteiger partial charge is 0.381 e. The third kappa shape index (κ3) is 3.34. The van der Waals surface area contributed by atoms with Gasteiger partial charge in [-0.2, -0.15) is 0 Å². The summed E-state index contributed by atoms with van der Waals surface area (Å²) in [5.41, 5.74) is -0.0848. The summed E-state index contributed by atoms with van der Waals surface area (Å²) in [7, 11) is 0. The molecule has 1 saturated carbocycles. The van der Waals surface area contributed by atoms with Gasteiger partial charge in [-0.1, -0.05) is 12.8 Å². The minimum Gasteiger partial charge on any atom is -0.381 e. The van der Waals surface area contributed by atoms with E-state index in [1.807, 2.05) is 6.92 Å². The Morgan fingerprint density at radius 2 is 1.81 bits per heavy atom. The number of benzene rings is 1. The van der Waals surface area contributed by atoms with Crippen LogP contribution in [-0.4, -0.2) is 29.9 Å². The summed E-state index contributed by atoms with van der Waals surface area (Å²) in [6, 6.07) is 2.45. The fraction of sp³-hybridized carbons (Fsp3) is 0.562. The normalized spacial score (nSPS) is 15.2. The van der Waals surface area contributed by atoms with Crippen LogP contribution in [0.5, 0.6) is 0 Å². The van der Waals surface area contributed by atoms with E-state index in [1.165, 1.54) is 0 Å². The van der Waals surface area contributed by atoms with Crippen molar-refractivity contribution in [1.29, 1.82) is 0 Å². The number of rotatable bonds is 5. The predicted octanol–water partition coefficient (Wildman–Crippen LogP) is 3.80. The van der Waals surface area contributed by atoms with E-state index in [4.69, 9.17) is 0 Å². The van der Waals surface area contributed by atoms with Crippen LogP contribution in [0.15, 0.2) is 12.1 Å². The molecule has 1 N–H and O–H groups in total. The van der Waals surface area contributed by atoms with Gasteiger partial charge < -0.3 is 10.2 Å². The van der Waals surface area contributed by atoms with Crippen molar-refractivity contribution in [2.75, 3.05) is 18.4 Å². The van der Waals surface area contributed by atoms with Crippen LogP contribution in [0.1, 0.15) is 49.9 Å². The van der Waals surface area contributed by atoms with E-state index in [9.17, 15) is 13.6 Å². The maximum absolute atomic E-state index is 13.9. The number of halogens is 2. The number of carbonyl (C=O) groups excluding carboxylic acids is 1. The minimum atomic E-state index is -0.720. The Morgan fingerprint density at radius 1 is 1.24 bits per heavy atom. The number of amides is 1. The summed E-state index contributed by atoms with van der Waals surface area (Å²) >= 11 is 0. The van der Waals surface area contributed by atoms with E-state index in [2.05, 4.69) is 5.32 Å². The molecule has 1 aromatic carbocycles. The number of anilines is 1. The smallest absolute Gasteiger partial charge is 0.254 e. The van der Waals surface area contributed by atoms with Gasteiger partial charge in [-0.3, -0.25) is 4.79 Å². The molecule has 0 heterocycles. The van der Waals surface area contributed by atoms with E-state index < -0.39 is 11.6 Å². The molecule has 1 aromatic rings. The van der Waals surface area contributed by atoms with E-state index in [0.717, 1.165) is 37.8 Å². The van der Waals surface area contributed by atoms with Gasteiger partial charge in [0.05, 0.1) is 0 Å². The molecule has 21 heavy (non-hydrogen) atoms. The Kier molecular flexibility index (Phi) is 5.15. The molecule has 2 rings (SSSR count). The second-order valence-electron chi connectivity index (χ2n) is 5.37. The van der Waals surface area contributed by atoms with Crippen LogP contribution in [0.3, 0.4) is 0 Å². The van der Waals surface area contributed by atoms with Gasteiger partial charge in [-0.15, -0.1) is 0 Å². The Labute approximate surface area is 124 Å². The van der Waals surface area contributed by atoms with E-state index in [-0.39, 0.29) is 23.2 Å². The fourth-order valence-electron chi connectivity index (χ4n) is 2.99. The number of hydrogen-bond donors (Lipinski definition) is 1. The Bertz CT molecular complexity index is 490. The van der Waals surface area contributed by atoms with Crippen molar-refractivity contribution in [3.05, 3.63) is 29.3 Å². The highest BCUT2D eigenvalue weighted by molar-refractivity contribution is 5.95. The lowest BCUT2D eigenvalue weighted by Crippen LogP contribution is -2.38. The average Bonchev–Trinajstić information content (AvgIpc) is 2.97. The molecule has 0 aromatic heterocycles. The molecule has 1 aliphatic rings. The van der Waals surface area contributed by atoms with E-state index in [1.54, 1.807) is 11.8 Å². The molecular weight excluding hydrogens is 274 g/mol. The Hall–Kier alpha value is -1.65. The summed E-state index contributed by atoms with van der Waals surface area (Å²) < 4.78 is 27.9. The summed E-state index contributed by atoms with van der Waals surface area (Å²) in [6.07, 6.45) is 4.16. The highest BCUT2D eigenvalue weighted by Crippen LogP contribution is 2.26. The third-order valence-electron chi connectivity index (χ3n) is 4.01. The third-order valence-corrected chi connectivity index (χ3v) is 4.01. The molecule has 1 aliphatic carbocycles. The van der Waals surface area contributed by atoms with Gasteiger partial charge in [0.15, 0.2) is 0 Å². The summed E-state index contributed by atoms with van der Waals surface area (Å²) in [5, 5.41) is 2.63. The van der Waals surface area contributed by atoms with Crippen molar-refractivity contribution >= 4 is 11.6 Å². The first-order valence-corrected chi connectivity index (χ1v) is 7.62. The maximum atomic E-state index is 13.9. The van der Waals surface area contributed by atoms with Crippen molar-refractivity contribution in [1.82, 2.24) is 4.90 Å². The topological polar surface area (TPSA) is 32.3 Å². The first kappa shape index (κ1) is 15.7. The van der Waals surface area contributed by atoms with Crippen LogP contribution in [0, 0.1) is 11.6 Å². The highest BCUT2D eigenvalue weighted by Gasteiger charge is 2.27. The minimum absolute atomic E-state index is 0.0837. The number of nitrogens with one attached hydrogen (secondary N) is 1. The molecule has 0 bridgehead atoms. The van der Waals surface area contributed by atoms with Crippen LogP contribution in [0.25, 0.3) is 0 Å². The van der Waals surface area contributed by atoms with Crippen molar-refractivity contribution < 1.29 is 13.6 Å². The number of nitrogens with zero attached hydrogens (tertiary/aromatic N) is 1. The lowest BCUT2D eigenvalue weighted by molar-refractivity contribution is 0.0692. The lowest BCUT2D eigenvalue weighted by Gasteiger charge is -2.28. The molecule has 5 heteroatoms. The van der Waals surface area contributed by atoms with Crippen molar-refractivity contribution in [3.8, 4) is 0 Å². The lowest BCUT2D eigenvalue weighted by atomic mass is 10.1. The van der Waals surface area contributed by atoms with Crippen LogP contribution in [-0.2, 0) is 0 Å².